The van der Waals surface area contributed by atoms with Crippen LogP contribution < -0.4 is 10.1 Å². The van der Waals surface area contributed by atoms with Gasteiger partial charge in [0.15, 0.2) is 17.4 Å². The number of aryl methyl sites for hydroxylation is 2. The van der Waals surface area contributed by atoms with Gasteiger partial charge in [0, 0.05) is 23.5 Å². The number of carbonyl (C=O) groups is 3. The summed E-state index contributed by atoms with van der Waals surface area (Å²) in [6.45, 7) is 5.30. The van der Waals surface area contributed by atoms with Crippen molar-refractivity contribution in [1.82, 2.24) is 14.8 Å². The van der Waals surface area contributed by atoms with Gasteiger partial charge in [-0.15, -0.1) is 0 Å². The van der Waals surface area contributed by atoms with Crippen molar-refractivity contribution in [3.8, 4) is 5.75 Å². The Morgan fingerprint density at radius 2 is 1.72 bits per heavy atom. The zero-order chi connectivity index (χ0) is 26.2. The summed E-state index contributed by atoms with van der Waals surface area (Å²) in [5.74, 6) is -2.51. The summed E-state index contributed by atoms with van der Waals surface area (Å²) in [4.78, 5) is 39.7. The number of ether oxygens (including phenoxy) is 1. The van der Waals surface area contributed by atoms with Crippen LogP contribution in [0, 0.1) is 25.5 Å². The number of imide groups is 1. The minimum absolute atomic E-state index is 0.0893. The summed E-state index contributed by atoms with van der Waals surface area (Å²) >= 11 is 0. The SMILES string of the molecule is COc1ccc(CCn2c(C)cc(C(=O)CN3C(=O)NC(C)(c4ccc(F)c(F)c4)C3=O)c2C)cc1. The van der Waals surface area contributed by atoms with E-state index in [-0.39, 0.29) is 5.56 Å². The fraction of sp³-hybridized carbons (Fsp3) is 0.296. The van der Waals surface area contributed by atoms with Crippen molar-refractivity contribution in [1.29, 1.82) is 0 Å². The number of nitrogens with zero attached hydrogens (tertiary/aromatic N) is 2. The monoisotopic (exact) mass is 495 g/mol. The van der Waals surface area contributed by atoms with E-state index >= 15 is 0 Å². The molecule has 9 heteroatoms. The second-order valence-electron chi connectivity index (χ2n) is 9.03. The van der Waals surface area contributed by atoms with E-state index in [1.54, 1.807) is 13.2 Å². The molecule has 1 aromatic heterocycles. The third kappa shape index (κ3) is 4.48. The molecule has 1 saturated heterocycles. The van der Waals surface area contributed by atoms with Crippen molar-refractivity contribution in [3.05, 3.63) is 88.2 Å². The fourth-order valence-corrected chi connectivity index (χ4v) is 4.53. The number of methoxy groups -OCH3 is 1. The van der Waals surface area contributed by atoms with E-state index in [1.165, 1.54) is 13.0 Å². The van der Waals surface area contributed by atoms with E-state index in [2.05, 4.69) is 5.32 Å². The standard InChI is InChI=1S/C27H27F2N3O4/c1-16-13-21(17(2)31(16)12-11-18-5-8-20(36-4)9-6-18)24(33)15-32-25(34)27(3,30-26(32)35)19-7-10-22(28)23(29)14-19/h5-10,13-14H,11-12,15H2,1-4H3,(H,30,35). The highest BCUT2D eigenvalue weighted by Crippen LogP contribution is 2.30. The largest absolute Gasteiger partial charge is 0.497 e. The molecule has 7 nitrogen and oxygen atoms in total. The summed E-state index contributed by atoms with van der Waals surface area (Å²) in [5, 5.41) is 2.51. The van der Waals surface area contributed by atoms with Crippen molar-refractivity contribution in [2.75, 3.05) is 13.7 Å². The average molecular weight is 496 g/mol. The summed E-state index contributed by atoms with van der Waals surface area (Å²) < 4.78 is 34.3. The Morgan fingerprint density at radius 1 is 1.03 bits per heavy atom. The minimum atomic E-state index is -1.61. The minimum Gasteiger partial charge on any atom is -0.497 e. The lowest BCUT2D eigenvalue weighted by molar-refractivity contribution is -0.130. The number of halogens is 2. The highest BCUT2D eigenvalue weighted by Gasteiger charge is 2.49. The maximum atomic E-state index is 13.8. The highest BCUT2D eigenvalue weighted by atomic mass is 19.2. The van der Waals surface area contributed by atoms with E-state index in [4.69, 9.17) is 4.74 Å². The molecule has 188 valence electrons. The van der Waals surface area contributed by atoms with Crippen LogP contribution in [-0.2, 0) is 23.3 Å². The van der Waals surface area contributed by atoms with E-state index in [9.17, 15) is 23.2 Å². The van der Waals surface area contributed by atoms with Gasteiger partial charge in [-0.1, -0.05) is 18.2 Å². The molecule has 0 saturated carbocycles. The lowest BCUT2D eigenvalue weighted by atomic mass is 9.92. The van der Waals surface area contributed by atoms with Gasteiger partial charge in [0.1, 0.15) is 11.3 Å². The smallest absolute Gasteiger partial charge is 0.325 e. The van der Waals surface area contributed by atoms with Crippen LogP contribution in [0.3, 0.4) is 0 Å². The van der Waals surface area contributed by atoms with Crippen LogP contribution in [0.5, 0.6) is 5.75 Å². The number of Topliss-reactive ketones (excluding diaryl/α,β-unsaturated/α-hetero) is 1. The molecule has 1 aliphatic heterocycles. The van der Waals surface area contributed by atoms with E-state index < -0.39 is 41.4 Å². The van der Waals surface area contributed by atoms with Crippen LogP contribution in [0.4, 0.5) is 13.6 Å². The van der Waals surface area contributed by atoms with Gasteiger partial charge < -0.3 is 14.6 Å². The topological polar surface area (TPSA) is 80.6 Å². The number of hydrogen-bond donors (Lipinski definition) is 1. The molecule has 3 aromatic rings. The van der Waals surface area contributed by atoms with Gasteiger partial charge in [0.05, 0.1) is 13.7 Å². The molecule has 1 aliphatic rings. The van der Waals surface area contributed by atoms with Gasteiger partial charge in [0.2, 0.25) is 0 Å². The van der Waals surface area contributed by atoms with Gasteiger partial charge in [-0.2, -0.15) is 0 Å². The maximum absolute atomic E-state index is 13.8. The predicted octanol–water partition coefficient (Wildman–Crippen LogP) is 4.28. The van der Waals surface area contributed by atoms with E-state index in [0.717, 1.165) is 46.2 Å². The first-order chi connectivity index (χ1) is 17.0. The maximum Gasteiger partial charge on any atom is 0.325 e. The number of benzene rings is 2. The van der Waals surface area contributed by atoms with Crippen LogP contribution in [-0.4, -0.2) is 40.8 Å². The van der Waals surface area contributed by atoms with Crippen molar-refractivity contribution in [3.63, 3.8) is 0 Å². The fourth-order valence-electron chi connectivity index (χ4n) is 4.53. The van der Waals surface area contributed by atoms with Gasteiger partial charge in [-0.3, -0.25) is 14.5 Å². The van der Waals surface area contributed by atoms with Crippen LogP contribution in [0.25, 0.3) is 0 Å². The molecule has 0 bridgehead atoms. The van der Waals surface area contributed by atoms with Gasteiger partial charge in [-0.25, -0.2) is 13.6 Å². The van der Waals surface area contributed by atoms with Gasteiger partial charge >= 0.3 is 6.03 Å². The van der Waals surface area contributed by atoms with Crippen molar-refractivity contribution in [2.24, 2.45) is 0 Å². The summed E-state index contributed by atoms with van der Waals surface area (Å²) in [5.41, 5.74) is 1.64. The molecule has 2 aromatic carbocycles. The molecule has 3 amide bonds. The number of nitrogens with one attached hydrogen (secondary N) is 1. The van der Waals surface area contributed by atoms with Crippen molar-refractivity contribution in [2.45, 2.75) is 39.3 Å². The van der Waals surface area contributed by atoms with Crippen LogP contribution in [0.1, 0.15) is 39.8 Å². The normalized spacial score (nSPS) is 17.4. The Labute approximate surface area is 207 Å². The lowest BCUT2D eigenvalue weighted by Crippen LogP contribution is -2.41. The third-order valence-electron chi connectivity index (χ3n) is 6.73. The second kappa shape index (κ2) is 9.56. The number of hydrogen-bond acceptors (Lipinski definition) is 4. The van der Waals surface area contributed by atoms with Crippen LogP contribution >= 0.6 is 0 Å². The number of amides is 3. The molecule has 1 atom stereocenters. The second-order valence-corrected chi connectivity index (χ2v) is 9.03. The van der Waals surface area contributed by atoms with Crippen molar-refractivity contribution < 1.29 is 27.9 Å². The van der Waals surface area contributed by atoms with Crippen LogP contribution in [0.15, 0.2) is 48.5 Å². The molecule has 0 radical (unpaired) electrons. The molecular formula is C27H27F2N3O4. The number of ketones is 1. The Kier molecular flexibility index (Phi) is 6.67. The first kappa shape index (κ1) is 25.1. The predicted molar refractivity (Wildman–Crippen MR) is 129 cm³/mol. The van der Waals surface area contributed by atoms with E-state index in [1.807, 2.05) is 42.7 Å². The molecule has 1 fully saturated rings. The average Bonchev–Trinajstić information content (AvgIpc) is 3.26. The molecule has 0 aliphatic carbocycles. The molecule has 1 unspecified atom stereocenters. The lowest BCUT2D eigenvalue weighted by Gasteiger charge is -2.22. The molecule has 36 heavy (non-hydrogen) atoms. The summed E-state index contributed by atoms with van der Waals surface area (Å²) in [6, 6.07) is 11.7. The van der Waals surface area contributed by atoms with Crippen LogP contribution in [0.2, 0.25) is 0 Å². The zero-order valence-electron chi connectivity index (χ0n) is 20.5. The molecule has 0 spiro atoms. The summed E-state index contributed by atoms with van der Waals surface area (Å²) in [7, 11) is 1.61. The van der Waals surface area contributed by atoms with E-state index in [0.29, 0.717) is 12.1 Å². The van der Waals surface area contributed by atoms with Gasteiger partial charge in [0.25, 0.3) is 5.91 Å². The Hall–Kier alpha value is -4.01. The number of rotatable bonds is 8. The molecule has 2 heterocycles. The number of aromatic nitrogens is 1. The Bertz CT molecular complexity index is 1350. The first-order valence-electron chi connectivity index (χ1n) is 11.5. The third-order valence-corrected chi connectivity index (χ3v) is 6.73. The first-order valence-corrected chi connectivity index (χ1v) is 11.5. The van der Waals surface area contributed by atoms with Crippen molar-refractivity contribution >= 4 is 17.7 Å². The molecular weight excluding hydrogens is 468 g/mol. The summed E-state index contributed by atoms with van der Waals surface area (Å²) in [6.07, 6.45) is 0.744. The Balaban J connectivity index is 1.49. The van der Waals surface area contributed by atoms with Gasteiger partial charge in [-0.05, 0) is 68.7 Å². The quantitative estimate of drug-likeness (QED) is 0.374. The number of carbonyl (C=O) groups excluding carboxylic acids is 3. The Morgan fingerprint density at radius 3 is 2.36 bits per heavy atom. The molecule has 4 rings (SSSR count). The highest BCUT2D eigenvalue weighted by molar-refractivity contribution is 6.11. The molecule has 1 N–H and O–H groups in total. The zero-order valence-corrected chi connectivity index (χ0v) is 20.5. The number of urea groups is 1.